The maximum Gasteiger partial charge on any atom is 0.165 e. The normalized spacial score (nSPS) is 32.9. The fourth-order valence-corrected chi connectivity index (χ4v) is 2.00. The molecule has 0 heterocycles. The summed E-state index contributed by atoms with van der Waals surface area (Å²) in [4.78, 5) is 11.8. The first-order valence-electron chi connectivity index (χ1n) is 4.96. The van der Waals surface area contributed by atoms with E-state index in [0.29, 0.717) is 11.5 Å². The number of hydrogen-bond donors (Lipinski definition) is 1. The Morgan fingerprint density at radius 1 is 1.46 bits per heavy atom. The third-order valence-electron chi connectivity index (χ3n) is 3.01. The van der Waals surface area contributed by atoms with Crippen LogP contribution in [0.2, 0.25) is 0 Å². The third-order valence-corrected chi connectivity index (χ3v) is 3.01. The minimum atomic E-state index is 0.120. The van der Waals surface area contributed by atoms with Crippen molar-refractivity contribution < 1.29 is 9.90 Å². The Morgan fingerprint density at radius 3 is 2.54 bits per heavy atom. The lowest BCUT2D eigenvalue weighted by atomic mass is 9.74. The van der Waals surface area contributed by atoms with Gasteiger partial charge in [0.05, 0.1) is 6.26 Å². The molecular weight excluding hydrogens is 164 g/mol. The first kappa shape index (κ1) is 10.3. The molecule has 1 N–H and O–H groups in total. The molecule has 0 radical (unpaired) electrons. The van der Waals surface area contributed by atoms with Crippen LogP contribution in [0.25, 0.3) is 0 Å². The van der Waals surface area contributed by atoms with Crippen molar-refractivity contribution >= 4 is 5.78 Å². The van der Waals surface area contributed by atoms with Crippen LogP contribution in [0.5, 0.6) is 0 Å². The van der Waals surface area contributed by atoms with Crippen molar-refractivity contribution in [1.29, 1.82) is 0 Å². The summed E-state index contributed by atoms with van der Waals surface area (Å²) in [5.74, 6) is 0.883. The maximum absolute atomic E-state index is 11.8. The average Bonchev–Trinajstić information content (AvgIpc) is 2.04. The van der Waals surface area contributed by atoms with Gasteiger partial charge in [-0.05, 0) is 24.7 Å². The number of aliphatic hydroxyl groups is 1. The monoisotopic (exact) mass is 182 g/mol. The summed E-state index contributed by atoms with van der Waals surface area (Å²) in [5.41, 5.74) is 0.616. The smallest absolute Gasteiger partial charge is 0.165 e. The van der Waals surface area contributed by atoms with Gasteiger partial charge in [-0.25, -0.2) is 0 Å². The van der Waals surface area contributed by atoms with E-state index in [1.807, 2.05) is 6.92 Å². The molecule has 0 aromatic heterocycles. The van der Waals surface area contributed by atoms with E-state index in [0.717, 1.165) is 19.1 Å². The predicted molar refractivity (Wildman–Crippen MR) is 52.4 cm³/mol. The molecule has 2 unspecified atom stereocenters. The predicted octanol–water partition coefficient (Wildman–Crippen LogP) is 2.70. The van der Waals surface area contributed by atoms with Gasteiger partial charge in [0.25, 0.3) is 0 Å². The van der Waals surface area contributed by atoms with Crippen LogP contribution >= 0.6 is 0 Å². The summed E-state index contributed by atoms with van der Waals surface area (Å²) in [7, 11) is 0. The minimum absolute atomic E-state index is 0.120. The Kier molecular flexibility index (Phi) is 3.12. The highest BCUT2D eigenvalue weighted by atomic mass is 16.2. The standard InChI is InChI=1S/C11H18O2/c1-7(2)9-5-4-8(3)10(6-12)11(9)13/h6-9,12H,4-5H2,1-3H3/b10-6-. The summed E-state index contributed by atoms with van der Waals surface area (Å²) in [6.07, 6.45) is 2.98. The lowest BCUT2D eigenvalue weighted by molar-refractivity contribution is -0.122. The number of hydrogen-bond acceptors (Lipinski definition) is 2. The molecule has 0 aromatic rings. The lowest BCUT2D eigenvalue weighted by Gasteiger charge is -2.29. The molecule has 2 atom stereocenters. The zero-order chi connectivity index (χ0) is 10.0. The maximum atomic E-state index is 11.8. The quantitative estimate of drug-likeness (QED) is 0.500. The van der Waals surface area contributed by atoms with Crippen molar-refractivity contribution in [2.24, 2.45) is 17.8 Å². The van der Waals surface area contributed by atoms with Gasteiger partial charge in [0.2, 0.25) is 0 Å². The molecule has 13 heavy (non-hydrogen) atoms. The summed E-state index contributed by atoms with van der Waals surface area (Å²) in [6, 6.07) is 0. The highest BCUT2D eigenvalue weighted by Crippen LogP contribution is 2.33. The number of allylic oxidation sites excluding steroid dienone is 1. The van der Waals surface area contributed by atoms with Crippen LogP contribution in [-0.2, 0) is 4.79 Å². The highest BCUT2D eigenvalue weighted by molar-refractivity contribution is 5.98. The Morgan fingerprint density at radius 2 is 2.08 bits per heavy atom. The van der Waals surface area contributed by atoms with Crippen molar-refractivity contribution in [3.8, 4) is 0 Å². The molecule has 1 rings (SSSR count). The summed E-state index contributed by atoms with van der Waals surface area (Å²) < 4.78 is 0. The molecule has 0 saturated heterocycles. The van der Waals surface area contributed by atoms with E-state index < -0.39 is 0 Å². The number of rotatable bonds is 1. The van der Waals surface area contributed by atoms with Crippen molar-refractivity contribution in [3.05, 3.63) is 11.8 Å². The number of carbonyl (C=O) groups excluding carboxylic acids is 1. The van der Waals surface area contributed by atoms with Crippen molar-refractivity contribution in [1.82, 2.24) is 0 Å². The summed E-state index contributed by atoms with van der Waals surface area (Å²) in [6.45, 7) is 6.12. The first-order valence-corrected chi connectivity index (χ1v) is 4.96. The number of aliphatic hydroxyl groups excluding tert-OH is 1. The Bertz CT molecular complexity index is 228. The SMILES string of the molecule is CC1CCC(C(C)C)C(=O)/C1=C\O. The average molecular weight is 182 g/mol. The Labute approximate surface area is 79.6 Å². The molecule has 0 amide bonds. The molecule has 0 spiro atoms. The van der Waals surface area contributed by atoms with Crippen LogP contribution in [-0.4, -0.2) is 10.9 Å². The van der Waals surface area contributed by atoms with Crippen LogP contribution in [0.1, 0.15) is 33.6 Å². The van der Waals surface area contributed by atoms with E-state index >= 15 is 0 Å². The second-order valence-electron chi connectivity index (χ2n) is 4.28. The van der Waals surface area contributed by atoms with Gasteiger partial charge >= 0.3 is 0 Å². The zero-order valence-electron chi connectivity index (χ0n) is 8.58. The fourth-order valence-electron chi connectivity index (χ4n) is 2.00. The molecule has 1 aliphatic carbocycles. The minimum Gasteiger partial charge on any atom is -0.515 e. The molecule has 1 aliphatic rings. The van der Waals surface area contributed by atoms with Gasteiger partial charge in [-0.1, -0.05) is 20.8 Å². The van der Waals surface area contributed by atoms with Gasteiger partial charge in [-0.3, -0.25) is 4.79 Å². The molecule has 0 aliphatic heterocycles. The van der Waals surface area contributed by atoms with E-state index in [9.17, 15) is 4.79 Å². The third kappa shape index (κ3) is 1.93. The number of ketones is 1. The number of carbonyl (C=O) groups is 1. The van der Waals surface area contributed by atoms with E-state index in [4.69, 9.17) is 5.11 Å². The van der Waals surface area contributed by atoms with Gasteiger partial charge in [-0.2, -0.15) is 0 Å². The van der Waals surface area contributed by atoms with E-state index in [1.165, 1.54) is 0 Å². The summed E-state index contributed by atoms with van der Waals surface area (Å²) in [5, 5.41) is 8.95. The van der Waals surface area contributed by atoms with Gasteiger partial charge in [-0.15, -0.1) is 0 Å². The van der Waals surface area contributed by atoms with Crippen LogP contribution in [0.4, 0.5) is 0 Å². The first-order chi connectivity index (χ1) is 6.07. The van der Waals surface area contributed by atoms with Gasteiger partial charge < -0.3 is 5.11 Å². The van der Waals surface area contributed by atoms with E-state index in [2.05, 4.69) is 13.8 Å². The van der Waals surface area contributed by atoms with Crippen molar-refractivity contribution in [2.75, 3.05) is 0 Å². The van der Waals surface area contributed by atoms with Crippen LogP contribution < -0.4 is 0 Å². The van der Waals surface area contributed by atoms with Crippen LogP contribution in [0.15, 0.2) is 11.8 Å². The second kappa shape index (κ2) is 3.95. The Balaban J connectivity index is 2.82. The van der Waals surface area contributed by atoms with Crippen molar-refractivity contribution in [2.45, 2.75) is 33.6 Å². The molecule has 0 aromatic carbocycles. The number of Topliss-reactive ketones (excluding diaryl/α,β-unsaturated/α-hetero) is 1. The molecule has 2 nitrogen and oxygen atoms in total. The molecule has 1 saturated carbocycles. The van der Waals surface area contributed by atoms with E-state index in [1.54, 1.807) is 0 Å². The van der Waals surface area contributed by atoms with Crippen LogP contribution in [0, 0.1) is 17.8 Å². The molecule has 74 valence electrons. The second-order valence-corrected chi connectivity index (χ2v) is 4.28. The topological polar surface area (TPSA) is 37.3 Å². The van der Waals surface area contributed by atoms with Gasteiger partial charge in [0, 0.05) is 11.5 Å². The van der Waals surface area contributed by atoms with E-state index in [-0.39, 0.29) is 17.6 Å². The zero-order valence-corrected chi connectivity index (χ0v) is 8.58. The fraction of sp³-hybridized carbons (Fsp3) is 0.727. The lowest BCUT2D eigenvalue weighted by Crippen LogP contribution is -2.30. The van der Waals surface area contributed by atoms with Gasteiger partial charge in [0.1, 0.15) is 0 Å². The highest BCUT2D eigenvalue weighted by Gasteiger charge is 2.32. The molecule has 1 fully saturated rings. The largest absolute Gasteiger partial charge is 0.515 e. The molecule has 0 bridgehead atoms. The molecule has 2 heteroatoms. The van der Waals surface area contributed by atoms with Gasteiger partial charge in [0.15, 0.2) is 5.78 Å². The molecular formula is C11H18O2. The Hall–Kier alpha value is -0.790. The van der Waals surface area contributed by atoms with Crippen LogP contribution in [0.3, 0.4) is 0 Å². The summed E-state index contributed by atoms with van der Waals surface area (Å²) >= 11 is 0. The van der Waals surface area contributed by atoms with Crippen molar-refractivity contribution in [3.63, 3.8) is 0 Å².